The van der Waals surface area contributed by atoms with Crippen LogP contribution in [0.2, 0.25) is 0 Å². The molecule has 0 aromatic heterocycles. The van der Waals surface area contributed by atoms with Crippen molar-refractivity contribution in [3.05, 3.63) is 64.8 Å². The highest BCUT2D eigenvalue weighted by molar-refractivity contribution is 6.53. The van der Waals surface area contributed by atoms with Crippen molar-refractivity contribution >= 4 is 40.8 Å². The molecule has 0 fully saturated rings. The maximum atomic E-state index is 12.8. The zero-order valence-corrected chi connectivity index (χ0v) is 15.9. The van der Waals surface area contributed by atoms with Gasteiger partial charge in [-0.2, -0.15) is 0 Å². The Bertz CT molecular complexity index is 952. The number of methoxy groups -OCH3 is 1. The summed E-state index contributed by atoms with van der Waals surface area (Å²) in [4.78, 5) is 38.0. The van der Waals surface area contributed by atoms with Crippen LogP contribution < -0.4 is 15.0 Å². The fourth-order valence-electron chi connectivity index (χ4n) is 2.63. The van der Waals surface area contributed by atoms with Crippen molar-refractivity contribution in [2.75, 3.05) is 23.9 Å². The van der Waals surface area contributed by atoms with Crippen LogP contribution in [0.3, 0.4) is 0 Å². The monoisotopic (exact) mass is 400 g/mol. The molecular weight excluding hydrogens is 384 g/mol. The first-order chi connectivity index (χ1) is 13.5. The van der Waals surface area contributed by atoms with Crippen LogP contribution in [-0.4, -0.2) is 31.5 Å². The first-order valence-electron chi connectivity index (χ1n) is 8.43. The number of nitrogens with one attached hydrogen (secondary N) is 1. The smallest absolute Gasteiger partial charge is 0.338 e. The molecule has 2 amide bonds. The fraction of sp³-hybridized carbons (Fsp3) is 0.150. The zero-order valence-electron chi connectivity index (χ0n) is 15.2. The predicted octanol–water partition coefficient (Wildman–Crippen LogP) is 3.31. The standard InChI is InChI=1S/C20H17ClN2O5/c1-3-28-20(26)12-4-8-14(9-5-12)23-18(24)16(21)17(19(23)25)22-13-6-10-15(27-2)11-7-13/h4-11,22H,3H2,1-2H3. The molecule has 0 bridgehead atoms. The van der Waals surface area contributed by atoms with E-state index in [0.29, 0.717) is 22.7 Å². The molecule has 1 aliphatic heterocycles. The molecule has 0 aliphatic carbocycles. The van der Waals surface area contributed by atoms with Crippen LogP contribution in [0.5, 0.6) is 5.75 Å². The first kappa shape index (κ1) is 19.4. The number of hydrogen-bond donors (Lipinski definition) is 1. The van der Waals surface area contributed by atoms with E-state index in [9.17, 15) is 14.4 Å². The van der Waals surface area contributed by atoms with E-state index in [-0.39, 0.29) is 17.3 Å². The summed E-state index contributed by atoms with van der Waals surface area (Å²) in [6, 6.07) is 12.8. The van der Waals surface area contributed by atoms with Gasteiger partial charge in [0.15, 0.2) is 0 Å². The van der Waals surface area contributed by atoms with E-state index in [0.717, 1.165) is 4.90 Å². The fourth-order valence-corrected chi connectivity index (χ4v) is 2.84. The summed E-state index contributed by atoms with van der Waals surface area (Å²) in [6.45, 7) is 1.96. The predicted molar refractivity (Wildman–Crippen MR) is 104 cm³/mol. The van der Waals surface area contributed by atoms with Crippen LogP contribution in [0, 0.1) is 0 Å². The lowest BCUT2D eigenvalue weighted by Crippen LogP contribution is -2.32. The van der Waals surface area contributed by atoms with Gasteiger partial charge in [0.25, 0.3) is 11.8 Å². The Morgan fingerprint density at radius 2 is 1.68 bits per heavy atom. The van der Waals surface area contributed by atoms with Gasteiger partial charge in [-0.25, -0.2) is 9.69 Å². The minimum Gasteiger partial charge on any atom is -0.497 e. The quantitative estimate of drug-likeness (QED) is 0.591. The molecule has 7 nitrogen and oxygen atoms in total. The Hall–Kier alpha value is -3.32. The third-order valence-corrected chi connectivity index (χ3v) is 4.37. The summed E-state index contributed by atoms with van der Waals surface area (Å²) in [7, 11) is 1.55. The molecule has 0 saturated carbocycles. The molecule has 0 saturated heterocycles. The Balaban J connectivity index is 1.81. The highest BCUT2D eigenvalue weighted by Crippen LogP contribution is 2.30. The van der Waals surface area contributed by atoms with Gasteiger partial charge in [-0.05, 0) is 55.5 Å². The van der Waals surface area contributed by atoms with Crippen LogP contribution in [0.1, 0.15) is 17.3 Å². The number of ether oxygens (including phenoxy) is 2. The minimum absolute atomic E-state index is 0.0219. The van der Waals surface area contributed by atoms with E-state index in [4.69, 9.17) is 21.1 Å². The molecule has 0 radical (unpaired) electrons. The van der Waals surface area contributed by atoms with Gasteiger partial charge in [-0.15, -0.1) is 0 Å². The number of esters is 1. The number of anilines is 2. The second-order valence-corrected chi connectivity index (χ2v) is 6.13. The van der Waals surface area contributed by atoms with Crippen molar-refractivity contribution in [2.45, 2.75) is 6.92 Å². The molecule has 2 aromatic rings. The van der Waals surface area contributed by atoms with Crippen molar-refractivity contribution in [1.82, 2.24) is 0 Å². The molecule has 1 aliphatic rings. The number of nitrogens with zero attached hydrogens (tertiary/aromatic N) is 1. The van der Waals surface area contributed by atoms with Crippen molar-refractivity contribution in [2.24, 2.45) is 0 Å². The maximum absolute atomic E-state index is 12.8. The minimum atomic E-state index is -0.647. The molecule has 144 valence electrons. The average Bonchev–Trinajstić information content (AvgIpc) is 2.92. The Kier molecular flexibility index (Phi) is 5.65. The second kappa shape index (κ2) is 8.14. The molecule has 28 heavy (non-hydrogen) atoms. The first-order valence-corrected chi connectivity index (χ1v) is 8.81. The third kappa shape index (κ3) is 3.70. The van der Waals surface area contributed by atoms with E-state index >= 15 is 0 Å². The van der Waals surface area contributed by atoms with Gasteiger partial charge in [0.2, 0.25) is 0 Å². The number of benzene rings is 2. The second-order valence-electron chi connectivity index (χ2n) is 5.76. The van der Waals surface area contributed by atoms with E-state index in [1.54, 1.807) is 38.3 Å². The van der Waals surface area contributed by atoms with Crippen LogP contribution in [0.15, 0.2) is 59.3 Å². The maximum Gasteiger partial charge on any atom is 0.338 e. The number of halogens is 1. The van der Waals surface area contributed by atoms with Gasteiger partial charge in [-0.3, -0.25) is 9.59 Å². The molecule has 8 heteroatoms. The third-order valence-electron chi connectivity index (χ3n) is 4.02. The van der Waals surface area contributed by atoms with Crippen LogP contribution in [0.4, 0.5) is 11.4 Å². The number of amides is 2. The van der Waals surface area contributed by atoms with Gasteiger partial charge in [0.1, 0.15) is 16.5 Å². The summed E-state index contributed by atoms with van der Waals surface area (Å²) in [6.07, 6.45) is 0. The van der Waals surface area contributed by atoms with Crippen LogP contribution in [0.25, 0.3) is 0 Å². The number of carbonyl (C=O) groups is 3. The lowest BCUT2D eigenvalue weighted by atomic mass is 10.2. The van der Waals surface area contributed by atoms with Gasteiger partial charge >= 0.3 is 5.97 Å². The Morgan fingerprint density at radius 1 is 1.04 bits per heavy atom. The molecule has 3 rings (SSSR count). The van der Waals surface area contributed by atoms with E-state index < -0.39 is 17.8 Å². The topological polar surface area (TPSA) is 84.9 Å². The van der Waals surface area contributed by atoms with Gasteiger partial charge in [-0.1, -0.05) is 11.6 Å². The Morgan fingerprint density at radius 3 is 2.25 bits per heavy atom. The van der Waals surface area contributed by atoms with Gasteiger partial charge < -0.3 is 14.8 Å². The molecule has 2 aromatic carbocycles. The molecule has 1 heterocycles. The highest BCUT2D eigenvalue weighted by Gasteiger charge is 2.39. The van der Waals surface area contributed by atoms with E-state index in [1.165, 1.54) is 24.3 Å². The number of hydrogen-bond acceptors (Lipinski definition) is 6. The average molecular weight is 401 g/mol. The van der Waals surface area contributed by atoms with Crippen LogP contribution in [-0.2, 0) is 14.3 Å². The molecule has 1 N–H and O–H groups in total. The lowest BCUT2D eigenvalue weighted by Gasteiger charge is -2.15. The van der Waals surface area contributed by atoms with Crippen molar-refractivity contribution in [3.63, 3.8) is 0 Å². The molecule has 0 atom stereocenters. The number of rotatable bonds is 6. The normalized spacial score (nSPS) is 13.8. The summed E-state index contributed by atoms with van der Waals surface area (Å²) in [5.41, 5.74) is 1.17. The van der Waals surface area contributed by atoms with Crippen LogP contribution >= 0.6 is 11.6 Å². The Labute approximate surface area is 166 Å². The molecular formula is C20H17ClN2O5. The van der Waals surface area contributed by atoms with Gasteiger partial charge in [0.05, 0.1) is 25.0 Å². The summed E-state index contributed by atoms with van der Waals surface area (Å²) >= 11 is 6.11. The SMILES string of the molecule is CCOC(=O)c1ccc(N2C(=O)C(Cl)=C(Nc3ccc(OC)cc3)C2=O)cc1. The summed E-state index contributed by atoms with van der Waals surface area (Å²) in [5.74, 6) is -1.06. The van der Waals surface area contributed by atoms with E-state index in [2.05, 4.69) is 5.32 Å². The summed E-state index contributed by atoms with van der Waals surface area (Å²) < 4.78 is 10.0. The molecule has 0 spiro atoms. The van der Waals surface area contributed by atoms with Crippen molar-refractivity contribution in [3.8, 4) is 5.75 Å². The van der Waals surface area contributed by atoms with Crippen molar-refractivity contribution < 1.29 is 23.9 Å². The summed E-state index contributed by atoms with van der Waals surface area (Å²) in [5, 5.41) is 2.66. The van der Waals surface area contributed by atoms with E-state index in [1.807, 2.05) is 0 Å². The lowest BCUT2D eigenvalue weighted by molar-refractivity contribution is -0.120. The van der Waals surface area contributed by atoms with Gasteiger partial charge in [0, 0.05) is 5.69 Å². The number of imide groups is 1. The molecule has 0 unspecified atom stereocenters. The van der Waals surface area contributed by atoms with Crippen molar-refractivity contribution in [1.29, 1.82) is 0 Å². The zero-order chi connectivity index (χ0) is 20.3. The largest absolute Gasteiger partial charge is 0.497 e. The number of carbonyl (C=O) groups excluding carboxylic acids is 3. The highest BCUT2D eigenvalue weighted by atomic mass is 35.5.